The Hall–Kier alpha value is -4.49. The van der Waals surface area contributed by atoms with Crippen molar-refractivity contribution in [2.75, 3.05) is 19.0 Å². The fourth-order valence-corrected chi connectivity index (χ4v) is 2.93. The van der Waals surface area contributed by atoms with Gasteiger partial charge in [-0.3, -0.25) is 14.9 Å². The number of aromatic amines is 1. The highest BCUT2D eigenvalue weighted by molar-refractivity contribution is 6.06. The maximum Gasteiger partial charge on any atom is 0.408 e. The predicted molar refractivity (Wildman–Crippen MR) is 133 cm³/mol. The lowest BCUT2D eigenvalue weighted by molar-refractivity contribution is -0.144. The molecule has 14 nitrogen and oxygen atoms in total. The van der Waals surface area contributed by atoms with Crippen LogP contribution in [0.3, 0.4) is 0 Å². The number of urea groups is 1. The molecule has 14 heteroatoms. The van der Waals surface area contributed by atoms with E-state index in [1.54, 1.807) is 45.0 Å². The van der Waals surface area contributed by atoms with Gasteiger partial charge < -0.3 is 30.4 Å². The van der Waals surface area contributed by atoms with E-state index in [1.165, 1.54) is 21.0 Å². The summed E-state index contributed by atoms with van der Waals surface area (Å²) < 4.78 is 9.61. The first-order valence-corrected chi connectivity index (χ1v) is 11.3. The average Bonchev–Trinajstić information content (AvgIpc) is 3.16. The molecule has 0 aliphatic carbocycles. The molecule has 37 heavy (non-hydrogen) atoms. The summed E-state index contributed by atoms with van der Waals surface area (Å²) in [5.41, 5.74) is -0.712. The first kappa shape index (κ1) is 28.7. The summed E-state index contributed by atoms with van der Waals surface area (Å²) >= 11 is 0. The van der Waals surface area contributed by atoms with Crippen molar-refractivity contribution >= 4 is 52.3 Å². The molecule has 0 radical (unpaired) electrons. The van der Waals surface area contributed by atoms with Gasteiger partial charge in [-0.2, -0.15) is 0 Å². The fraction of sp³-hybridized carbons (Fsp3) is 0.435. The molecule has 2 aromatic rings. The number of nitrogens with one attached hydrogen (secondary N) is 5. The van der Waals surface area contributed by atoms with E-state index >= 15 is 0 Å². The number of hydrogen-bond acceptors (Lipinski definition) is 8. The first-order valence-electron chi connectivity index (χ1n) is 11.3. The Morgan fingerprint density at radius 3 is 2.27 bits per heavy atom. The molecule has 2 atom stereocenters. The van der Waals surface area contributed by atoms with Gasteiger partial charge in [0.15, 0.2) is 5.82 Å². The summed E-state index contributed by atoms with van der Waals surface area (Å²) in [5, 5.41) is 18.4. The molecular weight excluding hydrogens is 486 g/mol. The Balaban J connectivity index is 2.04. The fourth-order valence-electron chi connectivity index (χ4n) is 2.93. The average molecular weight is 518 g/mol. The van der Waals surface area contributed by atoms with Gasteiger partial charge in [0.05, 0.1) is 7.11 Å². The number of benzene rings is 1. The van der Waals surface area contributed by atoms with E-state index in [9.17, 15) is 24.0 Å². The van der Waals surface area contributed by atoms with Crippen molar-refractivity contribution < 1.29 is 33.4 Å². The molecular formula is C23H31N7O7. The van der Waals surface area contributed by atoms with Crippen molar-refractivity contribution in [1.82, 2.24) is 20.9 Å². The highest BCUT2D eigenvalue weighted by Gasteiger charge is 2.22. The number of anilines is 1. The summed E-state index contributed by atoms with van der Waals surface area (Å²) in [6.07, 6.45) is -0.762. The minimum Gasteiger partial charge on any atom is -0.467 e. The quantitative estimate of drug-likeness (QED) is 0.262. The maximum absolute atomic E-state index is 12.5. The zero-order chi connectivity index (χ0) is 27.8. The minimum absolute atomic E-state index is 0.189. The van der Waals surface area contributed by atoms with Crippen LogP contribution >= 0.6 is 0 Å². The molecule has 200 valence electrons. The van der Waals surface area contributed by atoms with Gasteiger partial charge in [-0.25, -0.2) is 14.4 Å². The number of amides is 5. The monoisotopic (exact) mass is 517 g/mol. The minimum atomic E-state index is -0.970. The van der Waals surface area contributed by atoms with Gasteiger partial charge >= 0.3 is 18.1 Å². The van der Waals surface area contributed by atoms with Gasteiger partial charge in [0.1, 0.15) is 30.0 Å². The Morgan fingerprint density at radius 1 is 1.00 bits per heavy atom. The van der Waals surface area contributed by atoms with Crippen LogP contribution < -0.4 is 21.3 Å². The van der Waals surface area contributed by atoms with Crippen LogP contribution in [0.2, 0.25) is 0 Å². The third-order valence-corrected chi connectivity index (χ3v) is 4.63. The molecule has 0 unspecified atom stereocenters. The van der Waals surface area contributed by atoms with Crippen molar-refractivity contribution in [3.05, 3.63) is 24.3 Å². The lowest BCUT2D eigenvalue weighted by atomic mass is 10.2. The number of H-pyrrole nitrogens is 1. The maximum atomic E-state index is 12.5. The third-order valence-electron chi connectivity index (χ3n) is 4.63. The van der Waals surface area contributed by atoms with Gasteiger partial charge in [-0.1, -0.05) is 24.3 Å². The molecule has 1 heterocycles. The van der Waals surface area contributed by atoms with Crippen LogP contribution in [0.15, 0.2) is 34.5 Å². The van der Waals surface area contributed by atoms with Gasteiger partial charge in [0, 0.05) is 10.8 Å². The van der Waals surface area contributed by atoms with Crippen molar-refractivity contribution in [2.45, 2.75) is 52.3 Å². The van der Waals surface area contributed by atoms with E-state index in [4.69, 9.17) is 4.74 Å². The molecule has 2 rings (SSSR count). The van der Waals surface area contributed by atoms with Crippen molar-refractivity contribution in [3.63, 3.8) is 0 Å². The topological polar surface area (TPSA) is 192 Å². The molecule has 5 amide bonds. The number of methoxy groups -OCH3 is 1. The SMILES string of the molecule is COC(=O)[C@H](C)NC(=O)[C@H](C)NC(=O)Nc1[nH]c(N=NC(=O)CNC(=O)OC(C)(C)C)c2ccccc12. The number of alkyl carbamates (subject to hydrolysis) is 1. The van der Waals surface area contributed by atoms with Crippen LogP contribution in [0.5, 0.6) is 0 Å². The molecule has 0 aliphatic rings. The second kappa shape index (κ2) is 12.5. The molecule has 1 aromatic carbocycles. The second-order valence-electron chi connectivity index (χ2n) is 8.92. The Morgan fingerprint density at radius 2 is 1.65 bits per heavy atom. The number of ether oxygens (including phenoxy) is 2. The van der Waals surface area contributed by atoms with Crippen molar-refractivity contribution in [2.24, 2.45) is 10.2 Å². The molecule has 0 fully saturated rings. The smallest absolute Gasteiger partial charge is 0.408 e. The lowest BCUT2D eigenvalue weighted by Gasteiger charge is -2.19. The number of carbonyl (C=O) groups is 5. The van der Waals surface area contributed by atoms with E-state index in [2.05, 4.69) is 41.2 Å². The van der Waals surface area contributed by atoms with Gasteiger partial charge in [-0.15, -0.1) is 10.2 Å². The number of aromatic nitrogens is 1. The zero-order valence-electron chi connectivity index (χ0n) is 21.4. The number of rotatable bonds is 8. The number of carbonyl (C=O) groups excluding carboxylic acids is 5. The Kier molecular flexibility index (Phi) is 9.68. The number of nitrogens with zero attached hydrogens (tertiary/aromatic N) is 2. The van der Waals surface area contributed by atoms with Gasteiger partial charge in [0.25, 0.3) is 5.91 Å². The molecule has 0 bridgehead atoms. The molecule has 1 aromatic heterocycles. The number of fused-ring (bicyclic) bond motifs is 1. The lowest BCUT2D eigenvalue weighted by Crippen LogP contribution is -2.50. The molecule has 0 spiro atoms. The van der Waals surface area contributed by atoms with Crippen LogP contribution in [0.4, 0.5) is 21.2 Å². The summed E-state index contributed by atoms with van der Waals surface area (Å²) in [6.45, 7) is 7.56. The predicted octanol–water partition coefficient (Wildman–Crippen LogP) is 2.49. The van der Waals surface area contributed by atoms with E-state index in [0.717, 1.165) is 0 Å². The Labute approximate surface area is 212 Å². The summed E-state index contributed by atoms with van der Waals surface area (Å²) in [4.78, 5) is 62.8. The van der Waals surface area contributed by atoms with Crippen LogP contribution in [0, 0.1) is 0 Å². The number of esters is 1. The van der Waals surface area contributed by atoms with Crippen molar-refractivity contribution in [1.29, 1.82) is 0 Å². The summed E-state index contributed by atoms with van der Waals surface area (Å²) in [5.74, 6) is -1.50. The third kappa shape index (κ3) is 8.91. The highest BCUT2D eigenvalue weighted by atomic mass is 16.6. The Bertz CT molecular complexity index is 1200. The summed E-state index contributed by atoms with van der Waals surface area (Å²) in [7, 11) is 1.20. The molecule has 0 saturated heterocycles. The molecule has 0 aliphatic heterocycles. The first-order chi connectivity index (χ1) is 17.3. The molecule has 0 saturated carbocycles. The van der Waals surface area contributed by atoms with Gasteiger partial charge in [0.2, 0.25) is 5.91 Å². The van der Waals surface area contributed by atoms with E-state index in [1.807, 2.05) is 0 Å². The van der Waals surface area contributed by atoms with E-state index in [-0.39, 0.29) is 11.6 Å². The van der Waals surface area contributed by atoms with Gasteiger partial charge in [-0.05, 0) is 34.6 Å². The van der Waals surface area contributed by atoms with E-state index < -0.39 is 54.1 Å². The largest absolute Gasteiger partial charge is 0.467 e. The number of hydrogen-bond donors (Lipinski definition) is 5. The highest BCUT2D eigenvalue weighted by Crippen LogP contribution is 2.32. The number of azo groups is 1. The van der Waals surface area contributed by atoms with Crippen LogP contribution in [-0.4, -0.2) is 66.2 Å². The zero-order valence-corrected chi connectivity index (χ0v) is 21.4. The van der Waals surface area contributed by atoms with Crippen LogP contribution in [-0.2, 0) is 23.9 Å². The molecule has 5 N–H and O–H groups in total. The van der Waals surface area contributed by atoms with E-state index in [0.29, 0.717) is 10.8 Å². The van der Waals surface area contributed by atoms with Crippen LogP contribution in [0.1, 0.15) is 34.6 Å². The van der Waals surface area contributed by atoms with Crippen LogP contribution in [0.25, 0.3) is 10.8 Å². The summed E-state index contributed by atoms with van der Waals surface area (Å²) in [6, 6.07) is 4.33. The normalized spacial score (nSPS) is 12.9. The second-order valence-corrected chi connectivity index (χ2v) is 8.92. The van der Waals surface area contributed by atoms with Crippen molar-refractivity contribution in [3.8, 4) is 0 Å². The standard InChI is InChI=1S/C23H31N7O7/c1-12(19(32)25-13(2)20(33)36-6)26-21(34)28-17-14-9-7-8-10-15(14)18(27-17)30-29-16(31)11-24-22(35)37-23(3,4)5/h7-10,12-13,27H,11H2,1-6H3,(H,24,35)(H,25,32)(H2,26,28,34)/t12-,13-/m0/s1.